The average Bonchev–Trinajstić information content (AvgIpc) is 3.25. The summed E-state index contributed by atoms with van der Waals surface area (Å²) in [4.78, 5) is 19.4. The Bertz CT molecular complexity index is 1220. The second-order valence-electron chi connectivity index (χ2n) is 8.65. The molecule has 4 aromatic rings. The number of imidazole rings is 1. The van der Waals surface area contributed by atoms with Gasteiger partial charge in [-0.25, -0.2) is 4.98 Å². The highest BCUT2D eigenvalue weighted by atomic mass is 16.5. The molecule has 1 aromatic heterocycles. The molecule has 0 N–H and O–H groups in total. The first-order chi connectivity index (χ1) is 16.8. The summed E-state index contributed by atoms with van der Waals surface area (Å²) in [7, 11) is 0. The number of aromatic nitrogens is 2. The molecule has 1 amide bonds. The zero-order valence-electron chi connectivity index (χ0n) is 19.2. The van der Waals surface area contributed by atoms with Gasteiger partial charge in [0.25, 0.3) is 5.91 Å². The van der Waals surface area contributed by atoms with Crippen LogP contribution in [-0.2, 0) is 17.9 Å². The summed E-state index contributed by atoms with van der Waals surface area (Å²) in [5.74, 6) is 3.02. The van der Waals surface area contributed by atoms with Gasteiger partial charge in [0.15, 0.2) is 6.61 Å². The van der Waals surface area contributed by atoms with Crippen molar-refractivity contribution in [3.63, 3.8) is 0 Å². The van der Waals surface area contributed by atoms with Gasteiger partial charge in [-0.3, -0.25) is 4.79 Å². The van der Waals surface area contributed by atoms with Crippen LogP contribution in [0, 0.1) is 5.92 Å². The fourth-order valence-electron chi connectivity index (χ4n) is 4.48. The van der Waals surface area contributed by atoms with Crippen molar-refractivity contribution in [2.45, 2.75) is 26.0 Å². The maximum atomic E-state index is 12.6. The van der Waals surface area contributed by atoms with Gasteiger partial charge in [-0.2, -0.15) is 0 Å². The fraction of sp³-hybridized carbons (Fsp3) is 0.286. The number of amides is 1. The SMILES string of the molecule is O=C(COc1ccccc1)N1CCC(Cn2c(COc3ccccc3)nc3ccccc32)CC1. The van der Waals surface area contributed by atoms with Crippen LogP contribution in [0.4, 0.5) is 0 Å². The Hall–Kier alpha value is -3.80. The minimum atomic E-state index is 0.0485. The molecule has 1 aliphatic heterocycles. The number of piperidine rings is 1. The summed E-state index contributed by atoms with van der Waals surface area (Å²) < 4.78 is 13.9. The van der Waals surface area contributed by atoms with Crippen molar-refractivity contribution >= 4 is 16.9 Å². The van der Waals surface area contributed by atoms with E-state index in [1.807, 2.05) is 77.7 Å². The maximum absolute atomic E-state index is 12.6. The lowest BCUT2D eigenvalue weighted by Crippen LogP contribution is -2.41. The molecule has 5 rings (SSSR count). The molecule has 174 valence electrons. The van der Waals surface area contributed by atoms with Crippen molar-refractivity contribution in [1.29, 1.82) is 0 Å². The molecule has 6 heteroatoms. The minimum Gasteiger partial charge on any atom is -0.486 e. The predicted octanol–water partition coefficient (Wildman–Crippen LogP) is 4.93. The van der Waals surface area contributed by atoms with Crippen LogP contribution in [0.5, 0.6) is 11.5 Å². The highest BCUT2D eigenvalue weighted by molar-refractivity contribution is 5.78. The van der Waals surface area contributed by atoms with E-state index < -0.39 is 0 Å². The van der Waals surface area contributed by atoms with Gasteiger partial charge in [-0.1, -0.05) is 48.5 Å². The third-order valence-electron chi connectivity index (χ3n) is 6.36. The van der Waals surface area contributed by atoms with E-state index in [2.05, 4.69) is 16.7 Å². The van der Waals surface area contributed by atoms with Crippen LogP contribution in [0.1, 0.15) is 18.7 Å². The quantitative estimate of drug-likeness (QED) is 0.378. The van der Waals surface area contributed by atoms with E-state index in [1.54, 1.807) is 0 Å². The molecule has 1 aliphatic rings. The van der Waals surface area contributed by atoms with Crippen molar-refractivity contribution in [1.82, 2.24) is 14.5 Å². The van der Waals surface area contributed by atoms with E-state index in [0.29, 0.717) is 12.5 Å². The number of likely N-dealkylation sites (tertiary alicyclic amines) is 1. The van der Waals surface area contributed by atoms with Crippen molar-refractivity contribution in [2.75, 3.05) is 19.7 Å². The highest BCUT2D eigenvalue weighted by Gasteiger charge is 2.25. The second-order valence-corrected chi connectivity index (χ2v) is 8.65. The van der Waals surface area contributed by atoms with Crippen LogP contribution in [0.2, 0.25) is 0 Å². The van der Waals surface area contributed by atoms with Gasteiger partial charge in [0, 0.05) is 19.6 Å². The van der Waals surface area contributed by atoms with Crippen LogP contribution in [0.15, 0.2) is 84.9 Å². The summed E-state index contributed by atoms with van der Waals surface area (Å²) in [6.07, 6.45) is 1.92. The zero-order chi connectivity index (χ0) is 23.2. The molecule has 6 nitrogen and oxygen atoms in total. The number of nitrogens with zero attached hydrogens (tertiary/aromatic N) is 3. The van der Waals surface area contributed by atoms with Crippen LogP contribution < -0.4 is 9.47 Å². The predicted molar refractivity (Wildman–Crippen MR) is 132 cm³/mol. The van der Waals surface area contributed by atoms with Crippen molar-refractivity contribution in [2.24, 2.45) is 5.92 Å². The van der Waals surface area contributed by atoms with Crippen LogP contribution in [0.3, 0.4) is 0 Å². The number of fused-ring (bicyclic) bond motifs is 1. The van der Waals surface area contributed by atoms with E-state index in [0.717, 1.165) is 60.8 Å². The van der Waals surface area contributed by atoms with Gasteiger partial charge < -0.3 is 18.9 Å². The van der Waals surface area contributed by atoms with E-state index in [-0.39, 0.29) is 12.5 Å². The molecule has 1 saturated heterocycles. The number of para-hydroxylation sites is 4. The molecule has 0 bridgehead atoms. The lowest BCUT2D eigenvalue weighted by atomic mass is 9.96. The topological polar surface area (TPSA) is 56.6 Å². The molecule has 2 heterocycles. The zero-order valence-corrected chi connectivity index (χ0v) is 19.2. The third kappa shape index (κ3) is 5.22. The molecule has 3 aromatic carbocycles. The number of carbonyl (C=O) groups is 1. The van der Waals surface area contributed by atoms with Gasteiger partial charge in [0.05, 0.1) is 11.0 Å². The molecule has 0 saturated carbocycles. The molecule has 0 aliphatic carbocycles. The Labute approximate surface area is 199 Å². The summed E-state index contributed by atoms with van der Waals surface area (Å²) in [6, 6.07) is 27.6. The molecule has 34 heavy (non-hydrogen) atoms. The number of benzene rings is 3. The Morgan fingerprint density at radius 3 is 2.15 bits per heavy atom. The average molecular weight is 456 g/mol. The number of ether oxygens (including phenoxy) is 2. The first kappa shape index (κ1) is 22.0. The summed E-state index contributed by atoms with van der Waals surface area (Å²) in [5, 5.41) is 0. The van der Waals surface area contributed by atoms with Crippen molar-refractivity contribution in [3.05, 3.63) is 90.8 Å². The molecule has 0 radical (unpaired) electrons. The normalized spacial score (nSPS) is 14.3. The number of hydrogen-bond donors (Lipinski definition) is 0. The van der Waals surface area contributed by atoms with E-state index in [1.165, 1.54) is 0 Å². The van der Waals surface area contributed by atoms with E-state index in [9.17, 15) is 4.79 Å². The molecule has 0 atom stereocenters. The minimum absolute atomic E-state index is 0.0485. The first-order valence-corrected chi connectivity index (χ1v) is 11.8. The lowest BCUT2D eigenvalue weighted by Gasteiger charge is -2.32. The molecular weight excluding hydrogens is 426 g/mol. The third-order valence-corrected chi connectivity index (χ3v) is 6.36. The largest absolute Gasteiger partial charge is 0.486 e. The standard InChI is InChI=1S/C28H29N3O3/c32-28(21-34-24-11-5-2-6-12-24)30-17-15-22(16-18-30)19-31-26-14-8-7-13-25(26)29-27(31)20-33-23-9-3-1-4-10-23/h1-14,22H,15-21H2. The van der Waals surface area contributed by atoms with Crippen molar-refractivity contribution < 1.29 is 14.3 Å². The second kappa shape index (κ2) is 10.4. The van der Waals surface area contributed by atoms with Gasteiger partial charge in [0.1, 0.15) is 23.9 Å². The maximum Gasteiger partial charge on any atom is 0.260 e. The Balaban J connectivity index is 1.20. The molecule has 0 spiro atoms. The Kier molecular flexibility index (Phi) is 6.75. The highest BCUT2D eigenvalue weighted by Crippen LogP contribution is 2.25. The van der Waals surface area contributed by atoms with Gasteiger partial charge in [-0.15, -0.1) is 0 Å². The molecular formula is C28H29N3O3. The van der Waals surface area contributed by atoms with Crippen molar-refractivity contribution in [3.8, 4) is 11.5 Å². The Morgan fingerprint density at radius 1 is 0.824 bits per heavy atom. The van der Waals surface area contributed by atoms with E-state index in [4.69, 9.17) is 14.5 Å². The summed E-state index contributed by atoms with van der Waals surface area (Å²) in [5.41, 5.74) is 2.11. The first-order valence-electron chi connectivity index (χ1n) is 11.8. The monoisotopic (exact) mass is 455 g/mol. The number of carbonyl (C=O) groups excluding carboxylic acids is 1. The summed E-state index contributed by atoms with van der Waals surface area (Å²) in [6.45, 7) is 2.89. The fourth-order valence-corrected chi connectivity index (χ4v) is 4.48. The summed E-state index contributed by atoms with van der Waals surface area (Å²) >= 11 is 0. The number of rotatable bonds is 8. The Morgan fingerprint density at radius 2 is 1.44 bits per heavy atom. The van der Waals surface area contributed by atoms with E-state index >= 15 is 0 Å². The van der Waals surface area contributed by atoms with Gasteiger partial charge in [-0.05, 0) is 55.2 Å². The molecule has 1 fully saturated rings. The molecule has 0 unspecified atom stereocenters. The van der Waals surface area contributed by atoms with Crippen LogP contribution in [-0.4, -0.2) is 40.1 Å². The van der Waals surface area contributed by atoms with Gasteiger partial charge in [0.2, 0.25) is 0 Å². The van der Waals surface area contributed by atoms with Gasteiger partial charge >= 0.3 is 0 Å². The van der Waals surface area contributed by atoms with Crippen LogP contribution >= 0.6 is 0 Å². The smallest absolute Gasteiger partial charge is 0.260 e. The number of hydrogen-bond acceptors (Lipinski definition) is 4. The lowest BCUT2D eigenvalue weighted by molar-refractivity contribution is -0.134. The van der Waals surface area contributed by atoms with Crippen LogP contribution in [0.25, 0.3) is 11.0 Å².